The summed E-state index contributed by atoms with van der Waals surface area (Å²) in [5, 5.41) is 8.12. The lowest BCUT2D eigenvalue weighted by Crippen LogP contribution is -2.42. The Balaban J connectivity index is 1.44. The van der Waals surface area contributed by atoms with E-state index in [0.717, 1.165) is 22.7 Å². The molecule has 1 aliphatic heterocycles. The summed E-state index contributed by atoms with van der Waals surface area (Å²) in [5.74, 6) is 2.26. The number of benzene rings is 1. The van der Waals surface area contributed by atoms with Crippen molar-refractivity contribution < 1.29 is 18.8 Å². The first kappa shape index (κ1) is 17.8. The molecule has 8 nitrogen and oxygen atoms in total. The first-order valence-corrected chi connectivity index (χ1v) is 8.87. The largest absolute Gasteiger partial charge is 0.485 e. The number of hydrazone groups is 1. The van der Waals surface area contributed by atoms with E-state index in [-0.39, 0.29) is 12.5 Å². The van der Waals surface area contributed by atoms with Crippen LogP contribution in [0.5, 0.6) is 11.5 Å². The van der Waals surface area contributed by atoms with Gasteiger partial charge in [-0.25, -0.2) is 5.43 Å². The summed E-state index contributed by atoms with van der Waals surface area (Å²) < 4.78 is 18.3. The second-order valence-corrected chi connectivity index (χ2v) is 6.56. The molecule has 0 aliphatic carbocycles. The van der Waals surface area contributed by atoms with E-state index in [0.29, 0.717) is 17.3 Å². The van der Waals surface area contributed by atoms with Crippen LogP contribution in [-0.4, -0.2) is 34.6 Å². The van der Waals surface area contributed by atoms with Crippen molar-refractivity contribution in [3.8, 4) is 17.3 Å². The van der Waals surface area contributed by atoms with E-state index in [1.165, 1.54) is 0 Å². The van der Waals surface area contributed by atoms with Gasteiger partial charge in [-0.15, -0.1) is 0 Å². The van der Waals surface area contributed by atoms with Gasteiger partial charge in [0.2, 0.25) is 6.10 Å². The van der Waals surface area contributed by atoms with Gasteiger partial charge < -0.3 is 14.0 Å². The number of fused-ring (bicyclic) bond motifs is 1. The van der Waals surface area contributed by atoms with Gasteiger partial charge in [0.1, 0.15) is 12.4 Å². The van der Waals surface area contributed by atoms with Gasteiger partial charge in [0.05, 0.1) is 6.21 Å². The van der Waals surface area contributed by atoms with Gasteiger partial charge in [0.15, 0.2) is 17.3 Å². The molecular formula is C20H20N4O4. The molecule has 0 unspecified atom stereocenters. The molecule has 28 heavy (non-hydrogen) atoms. The van der Waals surface area contributed by atoms with E-state index in [1.807, 2.05) is 49.6 Å². The molecule has 3 aromatic rings. The Kier molecular flexibility index (Phi) is 4.60. The summed E-state index contributed by atoms with van der Waals surface area (Å²) in [6.45, 7) is 5.91. The highest BCUT2D eigenvalue weighted by atomic mass is 16.6. The number of nitrogens with one attached hydrogen (secondary N) is 1. The third kappa shape index (κ3) is 3.36. The number of nitrogens with zero attached hydrogens (tertiary/aromatic N) is 3. The highest BCUT2D eigenvalue weighted by molar-refractivity contribution is 5.86. The molecule has 144 valence electrons. The topological polar surface area (TPSA) is 90.9 Å². The van der Waals surface area contributed by atoms with Gasteiger partial charge >= 0.3 is 0 Å². The molecule has 1 amide bonds. The zero-order chi connectivity index (χ0) is 19.7. The average molecular weight is 380 g/mol. The fraction of sp³-hybridized carbons (Fsp3) is 0.250. The van der Waals surface area contributed by atoms with Crippen molar-refractivity contribution in [2.24, 2.45) is 5.10 Å². The molecule has 4 rings (SSSR count). The summed E-state index contributed by atoms with van der Waals surface area (Å²) in [5.41, 5.74) is 5.30. The molecule has 1 aromatic carbocycles. The predicted molar refractivity (Wildman–Crippen MR) is 102 cm³/mol. The van der Waals surface area contributed by atoms with Crippen LogP contribution in [0.25, 0.3) is 5.82 Å². The van der Waals surface area contributed by atoms with Crippen LogP contribution >= 0.6 is 0 Å². The van der Waals surface area contributed by atoms with Crippen LogP contribution in [0.15, 0.2) is 46.0 Å². The highest BCUT2D eigenvalue weighted by Gasteiger charge is 2.27. The lowest BCUT2D eigenvalue weighted by molar-refractivity contribution is -0.130. The van der Waals surface area contributed by atoms with Gasteiger partial charge in [-0.05, 0) is 39.0 Å². The van der Waals surface area contributed by atoms with E-state index in [2.05, 4.69) is 15.7 Å². The SMILES string of the molecule is Cc1cc(-n2c(C)cc(/C=N\NC(=O)[C@@H]3COc4ccccc4O3)c2C)no1. The lowest BCUT2D eigenvalue weighted by atomic mass is 10.2. The molecule has 2 aromatic heterocycles. The van der Waals surface area contributed by atoms with Crippen molar-refractivity contribution in [2.75, 3.05) is 6.61 Å². The van der Waals surface area contributed by atoms with E-state index >= 15 is 0 Å². The summed E-state index contributed by atoms with van der Waals surface area (Å²) >= 11 is 0. The Morgan fingerprint density at radius 2 is 2.04 bits per heavy atom. The Hall–Kier alpha value is -3.55. The third-order valence-electron chi connectivity index (χ3n) is 4.49. The molecule has 1 aliphatic rings. The van der Waals surface area contributed by atoms with Gasteiger partial charge in [0.25, 0.3) is 5.91 Å². The molecule has 0 saturated carbocycles. The zero-order valence-corrected chi connectivity index (χ0v) is 15.8. The van der Waals surface area contributed by atoms with Crippen LogP contribution in [-0.2, 0) is 4.79 Å². The quantitative estimate of drug-likeness (QED) is 0.555. The maximum absolute atomic E-state index is 12.3. The van der Waals surface area contributed by atoms with Crippen molar-refractivity contribution in [1.82, 2.24) is 15.1 Å². The van der Waals surface area contributed by atoms with E-state index < -0.39 is 6.10 Å². The summed E-state index contributed by atoms with van der Waals surface area (Å²) in [7, 11) is 0. The number of carbonyl (C=O) groups excluding carboxylic acids is 1. The number of amides is 1. The Bertz CT molecular complexity index is 1050. The van der Waals surface area contributed by atoms with Crippen molar-refractivity contribution in [3.63, 3.8) is 0 Å². The highest BCUT2D eigenvalue weighted by Crippen LogP contribution is 2.30. The molecule has 8 heteroatoms. The van der Waals surface area contributed by atoms with Crippen molar-refractivity contribution >= 4 is 12.1 Å². The maximum Gasteiger partial charge on any atom is 0.284 e. The molecule has 0 bridgehead atoms. The number of hydrogen-bond donors (Lipinski definition) is 1. The summed E-state index contributed by atoms with van der Waals surface area (Å²) in [6, 6.07) is 11.1. The Morgan fingerprint density at radius 3 is 2.79 bits per heavy atom. The Morgan fingerprint density at radius 1 is 1.25 bits per heavy atom. The van der Waals surface area contributed by atoms with E-state index in [4.69, 9.17) is 14.0 Å². The van der Waals surface area contributed by atoms with Gasteiger partial charge in [0, 0.05) is 23.0 Å². The normalized spacial score (nSPS) is 15.8. The van der Waals surface area contributed by atoms with Gasteiger partial charge in [-0.2, -0.15) is 5.10 Å². The van der Waals surface area contributed by atoms with Crippen molar-refractivity contribution in [3.05, 3.63) is 59.1 Å². The number of carbonyl (C=O) groups is 1. The van der Waals surface area contributed by atoms with Crippen LogP contribution in [0.1, 0.15) is 22.7 Å². The Labute approximate surface area is 161 Å². The second-order valence-electron chi connectivity index (χ2n) is 6.56. The minimum atomic E-state index is -0.752. The van der Waals surface area contributed by atoms with E-state index in [9.17, 15) is 4.79 Å². The molecular weight excluding hydrogens is 360 g/mol. The number of aromatic nitrogens is 2. The standard InChI is InChI=1S/C20H20N4O4/c1-12-8-15(14(3)24(12)19-9-13(2)28-23-19)10-21-22-20(25)18-11-26-16-6-4-5-7-17(16)27-18/h4-10,18H,11H2,1-3H3,(H,22,25)/b21-10-/t18-/m0/s1. The molecule has 1 atom stereocenters. The summed E-state index contributed by atoms with van der Waals surface area (Å²) in [6.07, 6.45) is 0.846. The molecule has 3 heterocycles. The predicted octanol–water partition coefficient (Wildman–Crippen LogP) is 2.68. The van der Waals surface area contributed by atoms with Crippen molar-refractivity contribution in [1.29, 1.82) is 0 Å². The monoisotopic (exact) mass is 380 g/mol. The molecule has 0 spiro atoms. The van der Waals surface area contributed by atoms with Gasteiger partial charge in [-0.1, -0.05) is 17.3 Å². The van der Waals surface area contributed by atoms with Crippen molar-refractivity contribution in [2.45, 2.75) is 26.9 Å². The number of aryl methyl sites for hydroxylation is 2. The molecule has 0 saturated heterocycles. The summed E-state index contributed by atoms with van der Waals surface area (Å²) in [4.78, 5) is 12.3. The number of ether oxygens (including phenoxy) is 2. The third-order valence-corrected chi connectivity index (χ3v) is 4.49. The van der Waals surface area contributed by atoms with Crippen LogP contribution < -0.4 is 14.9 Å². The van der Waals surface area contributed by atoms with Gasteiger partial charge in [-0.3, -0.25) is 9.36 Å². The second kappa shape index (κ2) is 7.22. The van der Waals surface area contributed by atoms with E-state index in [1.54, 1.807) is 18.3 Å². The lowest BCUT2D eigenvalue weighted by Gasteiger charge is -2.24. The van der Waals surface area contributed by atoms with Crippen LogP contribution in [0.4, 0.5) is 0 Å². The number of rotatable bonds is 4. The first-order chi connectivity index (χ1) is 13.5. The van der Waals surface area contributed by atoms with Crippen LogP contribution in [0, 0.1) is 20.8 Å². The van der Waals surface area contributed by atoms with Crippen LogP contribution in [0.3, 0.4) is 0 Å². The number of para-hydroxylation sites is 2. The minimum absolute atomic E-state index is 0.137. The fourth-order valence-corrected chi connectivity index (χ4v) is 3.12. The zero-order valence-electron chi connectivity index (χ0n) is 15.8. The smallest absolute Gasteiger partial charge is 0.284 e. The van der Waals surface area contributed by atoms with Crippen LogP contribution in [0.2, 0.25) is 0 Å². The molecule has 0 fully saturated rings. The maximum atomic E-state index is 12.3. The average Bonchev–Trinajstić information content (AvgIpc) is 3.23. The minimum Gasteiger partial charge on any atom is -0.485 e. The molecule has 1 N–H and O–H groups in total. The fourth-order valence-electron chi connectivity index (χ4n) is 3.12. The first-order valence-electron chi connectivity index (χ1n) is 8.87. The molecule has 0 radical (unpaired) electrons. The number of hydrogen-bond acceptors (Lipinski definition) is 6.